The molecule has 0 saturated heterocycles. The fourth-order valence-corrected chi connectivity index (χ4v) is 2.36. The molecule has 0 aliphatic heterocycles. The number of rotatable bonds is 6. The summed E-state index contributed by atoms with van der Waals surface area (Å²) < 4.78 is 4.94. The topological polar surface area (TPSA) is 76.1 Å². The van der Waals surface area contributed by atoms with Crippen molar-refractivity contribution in [3.05, 3.63) is 46.8 Å². The Labute approximate surface area is 136 Å². The molecule has 1 aromatic carbocycles. The van der Waals surface area contributed by atoms with Crippen LogP contribution in [0.15, 0.2) is 24.5 Å². The number of aromatic nitrogens is 2. The SMILES string of the molecule is COCCNc1ncc(C(=O)Nc2c(C)cc(C)cc2C)cn1. The second kappa shape index (κ2) is 7.69. The maximum absolute atomic E-state index is 12.3. The smallest absolute Gasteiger partial charge is 0.258 e. The van der Waals surface area contributed by atoms with E-state index in [9.17, 15) is 4.79 Å². The van der Waals surface area contributed by atoms with E-state index in [-0.39, 0.29) is 5.91 Å². The first-order valence-corrected chi connectivity index (χ1v) is 7.45. The maximum atomic E-state index is 12.3. The highest BCUT2D eigenvalue weighted by atomic mass is 16.5. The second-order valence-electron chi connectivity index (χ2n) is 5.44. The van der Waals surface area contributed by atoms with Crippen molar-refractivity contribution in [2.45, 2.75) is 20.8 Å². The van der Waals surface area contributed by atoms with Gasteiger partial charge in [0.2, 0.25) is 5.95 Å². The third kappa shape index (κ3) is 4.50. The zero-order chi connectivity index (χ0) is 16.8. The molecule has 122 valence electrons. The van der Waals surface area contributed by atoms with Crippen molar-refractivity contribution in [2.75, 3.05) is 30.9 Å². The van der Waals surface area contributed by atoms with Crippen LogP contribution in [0.4, 0.5) is 11.6 Å². The molecule has 6 heteroatoms. The molecule has 23 heavy (non-hydrogen) atoms. The monoisotopic (exact) mass is 314 g/mol. The molecule has 0 atom stereocenters. The summed E-state index contributed by atoms with van der Waals surface area (Å²) in [6.45, 7) is 7.18. The number of hydrogen-bond acceptors (Lipinski definition) is 5. The number of benzene rings is 1. The van der Waals surface area contributed by atoms with E-state index in [0.717, 1.165) is 16.8 Å². The zero-order valence-electron chi connectivity index (χ0n) is 13.9. The third-order valence-electron chi connectivity index (χ3n) is 3.42. The molecule has 0 fully saturated rings. The van der Waals surface area contributed by atoms with E-state index in [1.807, 2.05) is 32.9 Å². The number of hydrogen-bond donors (Lipinski definition) is 2. The lowest BCUT2D eigenvalue weighted by atomic mass is 10.0. The molecular weight excluding hydrogens is 292 g/mol. The van der Waals surface area contributed by atoms with Gasteiger partial charge < -0.3 is 15.4 Å². The van der Waals surface area contributed by atoms with Crippen molar-refractivity contribution in [2.24, 2.45) is 0 Å². The zero-order valence-corrected chi connectivity index (χ0v) is 13.9. The highest BCUT2D eigenvalue weighted by Crippen LogP contribution is 2.22. The number of aryl methyl sites for hydroxylation is 3. The minimum atomic E-state index is -0.219. The number of ether oxygens (including phenoxy) is 1. The predicted octanol–water partition coefficient (Wildman–Crippen LogP) is 2.71. The van der Waals surface area contributed by atoms with Gasteiger partial charge >= 0.3 is 0 Å². The van der Waals surface area contributed by atoms with Crippen molar-refractivity contribution < 1.29 is 9.53 Å². The molecular formula is C17H22N4O2. The fraction of sp³-hybridized carbons (Fsp3) is 0.353. The molecule has 2 rings (SSSR count). The van der Waals surface area contributed by atoms with Crippen molar-refractivity contribution in [3.63, 3.8) is 0 Å². The van der Waals surface area contributed by atoms with Crippen LogP contribution >= 0.6 is 0 Å². The number of anilines is 2. The Kier molecular flexibility index (Phi) is 5.65. The van der Waals surface area contributed by atoms with Crippen molar-refractivity contribution in [1.82, 2.24) is 9.97 Å². The van der Waals surface area contributed by atoms with Gasteiger partial charge in [-0.3, -0.25) is 4.79 Å². The van der Waals surface area contributed by atoms with E-state index in [4.69, 9.17) is 4.74 Å². The lowest BCUT2D eigenvalue weighted by molar-refractivity contribution is 0.102. The van der Waals surface area contributed by atoms with Crippen LogP contribution in [-0.2, 0) is 4.74 Å². The quantitative estimate of drug-likeness (QED) is 0.802. The predicted molar refractivity (Wildman–Crippen MR) is 91.0 cm³/mol. The maximum Gasteiger partial charge on any atom is 0.258 e. The highest BCUT2D eigenvalue weighted by molar-refractivity contribution is 6.04. The van der Waals surface area contributed by atoms with E-state index in [0.29, 0.717) is 24.7 Å². The molecule has 0 unspecified atom stereocenters. The van der Waals surface area contributed by atoms with Crippen LogP contribution in [0.2, 0.25) is 0 Å². The molecule has 1 aromatic heterocycles. The molecule has 0 radical (unpaired) electrons. The molecule has 2 aromatic rings. The Morgan fingerprint density at radius 3 is 2.30 bits per heavy atom. The summed E-state index contributed by atoms with van der Waals surface area (Å²) in [6.07, 6.45) is 3.02. The summed E-state index contributed by atoms with van der Waals surface area (Å²) in [4.78, 5) is 20.6. The van der Waals surface area contributed by atoms with E-state index < -0.39 is 0 Å². The molecule has 0 saturated carbocycles. The largest absolute Gasteiger partial charge is 0.383 e. The molecule has 1 amide bonds. The average molecular weight is 314 g/mol. The highest BCUT2D eigenvalue weighted by Gasteiger charge is 2.11. The molecule has 0 bridgehead atoms. The second-order valence-corrected chi connectivity index (χ2v) is 5.44. The number of amides is 1. The van der Waals surface area contributed by atoms with E-state index in [2.05, 4.69) is 20.6 Å². The Bertz CT molecular complexity index is 660. The summed E-state index contributed by atoms with van der Waals surface area (Å²) in [5.74, 6) is 0.254. The molecule has 0 aliphatic carbocycles. The molecule has 1 heterocycles. The first-order valence-electron chi connectivity index (χ1n) is 7.45. The number of methoxy groups -OCH3 is 1. The van der Waals surface area contributed by atoms with Gasteiger partial charge in [0.25, 0.3) is 5.91 Å². The van der Waals surface area contributed by atoms with Gasteiger partial charge in [0.1, 0.15) is 0 Å². The lowest BCUT2D eigenvalue weighted by Crippen LogP contribution is -2.16. The van der Waals surface area contributed by atoms with Gasteiger partial charge in [-0.15, -0.1) is 0 Å². The molecule has 2 N–H and O–H groups in total. The summed E-state index contributed by atoms with van der Waals surface area (Å²) in [7, 11) is 1.63. The van der Waals surface area contributed by atoms with Crippen LogP contribution in [0, 0.1) is 20.8 Å². The van der Waals surface area contributed by atoms with Gasteiger partial charge in [-0.25, -0.2) is 9.97 Å². The normalized spacial score (nSPS) is 10.4. The summed E-state index contributed by atoms with van der Waals surface area (Å²) in [5.41, 5.74) is 4.50. The Morgan fingerprint density at radius 1 is 1.13 bits per heavy atom. The summed E-state index contributed by atoms with van der Waals surface area (Å²) >= 11 is 0. The number of carbonyl (C=O) groups excluding carboxylic acids is 1. The van der Waals surface area contributed by atoms with E-state index >= 15 is 0 Å². The van der Waals surface area contributed by atoms with Crippen LogP contribution in [0.1, 0.15) is 27.0 Å². The van der Waals surface area contributed by atoms with Gasteiger partial charge in [0, 0.05) is 31.7 Å². The van der Waals surface area contributed by atoms with Gasteiger partial charge in [-0.1, -0.05) is 17.7 Å². The average Bonchev–Trinajstić information content (AvgIpc) is 2.51. The summed E-state index contributed by atoms with van der Waals surface area (Å²) in [5, 5.41) is 5.94. The van der Waals surface area contributed by atoms with Gasteiger partial charge in [0.05, 0.1) is 12.2 Å². The molecule has 0 spiro atoms. The summed E-state index contributed by atoms with van der Waals surface area (Å²) in [6, 6.07) is 4.09. The van der Waals surface area contributed by atoms with E-state index in [1.54, 1.807) is 7.11 Å². The number of nitrogens with zero attached hydrogens (tertiary/aromatic N) is 2. The fourth-order valence-electron chi connectivity index (χ4n) is 2.36. The molecule has 6 nitrogen and oxygen atoms in total. The number of nitrogens with one attached hydrogen (secondary N) is 2. The minimum Gasteiger partial charge on any atom is -0.383 e. The van der Waals surface area contributed by atoms with Crippen LogP contribution in [0.3, 0.4) is 0 Å². The Hall–Kier alpha value is -2.47. The number of carbonyl (C=O) groups is 1. The van der Waals surface area contributed by atoms with Crippen LogP contribution < -0.4 is 10.6 Å². The Balaban J connectivity index is 2.06. The van der Waals surface area contributed by atoms with Crippen molar-refractivity contribution >= 4 is 17.5 Å². The Morgan fingerprint density at radius 2 is 1.74 bits per heavy atom. The van der Waals surface area contributed by atoms with Crippen LogP contribution in [-0.4, -0.2) is 36.1 Å². The lowest BCUT2D eigenvalue weighted by Gasteiger charge is -2.12. The standard InChI is InChI=1S/C17H22N4O2/c1-11-7-12(2)15(13(3)8-11)21-16(22)14-9-19-17(20-10-14)18-5-6-23-4/h7-10H,5-6H2,1-4H3,(H,21,22)(H,18,19,20). The van der Waals surface area contributed by atoms with Crippen LogP contribution in [0.5, 0.6) is 0 Å². The van der Waals surface area contributed by atoms with Gasteiger partial charge in [-0.2, -0.15) is 0 Å². The van der Waals surface area contributed by atoms with E-state index in [1.165, 1.54) is 18.0 Å². The van der Waals surface area contributed by atoms with Crippen molar-refractivity contribution in [3.8, 4) is 0 Å². The first-order chi connectivity index (χ1) is 11.0. The van der Waals surface area contributed by atoms with Crippen molar-refractivity contribution in [1.29, 1.82) is 0 Å². The molecule has 0 aliphatic rings. The minimum absolute atomic E-state index is 0.219. The van der Waals surface area contributed by atoms with Crippen LogP contribution in [0.25, 0.3) is 0 Å². The van der Waals surface area contributed by atoms with Gasteiger partial charge in [-0.05, 0) is 31.9 Å². The first kappa shape index (κ1) is 16.9. The third-order valence-corrected chi connectivity index (χ3v) is 3.42. The van der Waals surface area contributed by atoms with Gasteiger partial charge in [0.15, 0.2) is 0 Å².